The van der Waals surface area contributed by atoms with E-state index in [1.165, 1.54) is 38.5 Å². The monoisotopic (exact) mass is 256 g/mol. The average molecular weight is 256 g/mol. The van der Waals surface area contributed by atoms with Gasteiger partial charge in [0.15, 0.2) is 0 Å². The molecule has 0 saturated heterocycles. The van der Waals surface area contributed by atoms with Gasteiger partial charge in [-0.05, 0) is 33.4 Å². The Balaban J connectivity index is 2.47. The maximum Gasteiger partial charge on any atom is 0.0593 e. The number of likely N-dealkylation sites (N-methyl/N-ethyl adjacent to an activating group) is 2. The van der Waals surface area contributed by atoms with Crippen molar-refractivity contribution in [2.75, 3.05) is 33.4 Å². The van der Waals surface area contributed by atoms with Gasteiger partial charge in [-0.1, -0.05) is 32.6 Å². The largest absolute Gasteiger partial charge is 0.380 e. The zero-order chi connectivity index (χ0) is 13.2. The van der Waals surface area contributed by atoms with Crippen LogP contribution in [0.3, 0.4) is 0 Å². The first-order chi connectivity index (χ1) is 8.79. The molecule has 0 aromatic carbocycles. The second kappa shape index (κ2) is 9.76. The summed E-state index contributed by atoms with van der Waals surface area (Å²) in [6, 6.07) is 1.35. The summed E-state index contributed by atoms with van der Waals surface area (Å²) in [5.41, 5.74) is 0. The molecule has 0 aliphatic heterocycles. The van der Waals surface area contributed by atoms with E-state index >= 15 is 0 Å². The van der Waals surface area contributed by atoms with E-state index < -0.39 is 0 Å². The Morgan fingerprint density at radius 2 is 1.83 bits per heavy atom. The molecule has 0 aromatic heterocycles. The van der Waals surface area contributed by atoms with E-state index in [2.05, 4.69) is 31.1 Å². The SMILES string of the molecule is CCNC1CCCCCCC1N(C)CCOCC. The number of nitrogens with zero attached hydrogens (tertiary/aromatic N) is 1. The predicted octanol–water partition coefficient (Wildman–Crippen LogP) is 2.66. The summed E-state index contributed by atoms with van der Waals surface area (Å²) in [5, 5.41) is 3.69. The maximum absolute atomic E-state index is 5.48. The fourth-order valence-electron chi connectivity index (χ4n) is 3.01. The standard InChI is InChI=1S/C15H32N2O/c1-4-16-14-10-8-6-7-9-11-15(14)17(3)12-13-18-5-2/h14-16H,4-13H2,1-3H3. The second-order valence-electron chi connectivity index (χ2n) is 5.40. The molecule has 18 heavy (non-hydrogen) atoms. The Morgan fingerprint density at radius 3 is 2.50 bits per heavy atom. The molecule has 2 unspecified atom stereocenters. The Labute approximate surface area is 113 Å². The minimum absolute atomic E-state index is 0.668. The van der Waals surface area contributed by atoms with Crippen molar-refractivity contribution in [2.24, 2.45) is 0 Å². The zero-order valence-electron chi connectivity index (χ0n) is 12.6. The van der Waals surface area contributed by atoms with Gasteiger partial charge in [0.1, 0.15) is 0 Å². The number of hydrogen-bond acceptors (Lipinski definition) is 3. The highest BCUT2D eigenvalue weighted by molar-refractivity contribution is 4.84. The Kier molecular flexibility index (Phi) is 8.64. The van der Waals surface area contributed by atoms with Crippen molar-refractivity contribution in [3.63, 3.8) is 0 Å². The lowest BCUT2D eigenvalue weighted by Gasteiger charge is -2.36. The fourth-order valence-corrected chi connectivity index (χ4v) is 3.01. The van der Waals surface area contributed by atoms with E-state index in [0.29, 0.717) is 12.1 Å². The molecular formula is C15H32N2O. The molecule has 1 aliphatic rings. The van der Waals surface area contributed by atoms with E-state index in [9.17, 15) is 0 Å². The summed E-state index contributed by atoms with van der Waals surface area (Å²) >= 11 is 0. The molecule has 0 bridgehead atoms. The molecule has 2 atom stereocenters. The smallest absolute Gasteiger partial charge is 0.0593 e. The van der Waals surface area contributed by atoms with Crippen LogP contribution in [0.2, 0.25) is 0 Å². The summed E-state index contributed by atoms with van der Waals surface area (Å²) in [6.07, 6.45) is 8.25. The summed E-state index contributed by atoms with van der Waals surface area (Å²) < 4.78 is 5.48. The molecule has 1 aliphatic carbocycles. The van der Waals surface area contributed by atoms with E-state index in [1.807, 2.05) is 0 Å². The second-order valence-corrected chi connectivity index (χ2v) is 5.40. The predicted molar refractivity (Wildman–Crippen MR) is 78.1 cm³/mol. The van der Waals surface area contributed by atoms with Gasteiger partial charge < -0.3 is 10.1 Å². The average Bonchev–Trinajstić information content (AvgIpc) is 2.33. The Bertz CT molecular complexity index is 199. The van der Waals surface area contributed by atoms with Gasteiger partial charge in [0.05, 0.1) is 6.61 Å². The van der Waals surface area contributed by atoms with Crippen molar-refractivity contribution in [3.05, 3.63) is 0 Å². The van der Waals surface area contributed by atoms with Gasteiger partial charge in [-0.2, -0.15) is 0 Å². The number of hydrogen-bond donors (Lipinski definition) is 1. The molecule has 1 N–H and O–H groups in total. The first-order valence-corrected chi connectivity index (χ1v) is 7.81. The zero-order valence-corrected chi connectivity index (χ0v) is 12.6. The highest BCUT2D eigenvalue weighted by Gasteiger charge is 2.25. The maximum atomic E-state index is 5.48. The van der Waals surface area contributed by atoms with Gasteiger partial charge in [0, 0.05) is 25.2 Å². The van der Waals surface area contributed by atoms with Crippen molar-refractivity contribution in [1.29, 1.82) is 0 Å². The van der Waals surface area contributed by atoms with Crippen LogP contribution in [-0.2, 0) is 4.74 Å². The third kappa shape index (κ3) is 5.68. The molecule has 0 radical (unpaired) electrons. The molecule has 0 amide bonds. The Morgan fingerprint density at radius 1 is 1.11 bits per heavy atom. The molecule has 1 rings (SSSR count). The van der Waals surface area contributed by atoms with Crippen molar-refractivity contribution < 1.29 is 4.74 Å². The highest BCUT2D eigenvalue weighted by Crippen LogP contribution is 2.21. The van der Waals surface area contributed by atoms with Crippen LogP contribution in [0, 0.1) is 0 Å². The van der Waals surface area contributed by atoms with E-state index in [1.54, 1.807) is 0 Å². The van der Waals surface area contributed by atoms with Crippen LogP contribution in [-0.4, -0.2) is 50.3 Å². The lowest BCUT2D eigenvalue weighted by atomic mass is 9.91. The fraction of sp³-hybridized carbons (Fsp3) is 1.00. The van der Waals surface area contributed by atoms with Crippen LogP contribution in [0.5, 0.6) is 0 Å². The van der Waals surface area contributed by atoms with Gasteiger partial charge in [-0.3, -0.25) is 4.90 Å². The normalized spacial score (nSPS) is 26.0. The molecule has 3 nitrogen and oxygen atoms in total. The van der Waals surface area contributed by atoms with Gasteiger partial charge in [-0.25, -0.2) is 0 Å². The molecule has 108 valence electrons. The van der Waals surface area contributed by atoms with Crippen LogP contribution in [0.15, 0.2) is 0 Å². The van der Waals surface area contributed by atoms with Crippen molar-refractivity contribution >= 4 is 0 Å². The van der Waals surface area contributed by atoms with Gasteiger partial charge in [0.25, 0.3) is 0 Å². The highest BCUT2D eigenvalue weighted by atomic mass is 16.5. The number of rotatable bonds is 7. The third-order valence-corrected chi connectivity index (χ3v) is 4.05. The molecule has 3 heteroatoms. The minimum Gasteiger partial charge on any atom is -0.380 e. The van der Waals surface area contributed by atoms with Gasteiger partial charge in [0.2, 0.25) is 0 Å². The van der Waals surface area contributed by atoms with E-state index in [-0.39, 0.29) is 0 Å². The Hall–Kier alpha value is -0.120. The molecule has 0 aromatic rings. The molecule has 1 fully saturated rings. The van der Waals surface area contributed by atoms with E-state index in [4.69, 9.17) is 4.74 Å². The first kappa shape index (κ1) is 15.9. The van der Waals surface area contributed by atoms with Gasteiger partial charge >= 0.3 is 0 Å². The number of ether oxygens (including phenoxy) is 1. The van der Waals surface area contributed by atoms with Crippen molar-refractivity contribution in [2.45, 2.75) is 64.5 Å². The lowest BCUT2D eigenvalue weighted by molar-refractivity contribution is 0.0900. The summed E-state index contributed by atoms with van der Waals surface area (Å²) in [6.45, 7) is 8.12. The molecule has 1 saturated carbocycles. The first-order valence-electron chi connectivity index (χ1n) is 7.81. The van der Waals surface area contributed by atoms with Crippen molar-refractivity contribution in [3.8, 4) is 0 Å². The summed E-state index contributed by atoms with van der Waals surface area (Å²) in [5.74, 6) is 0. The number of nitrogens with one attached hydrogen (secondary N) is 1. The van der Waals surface area contributed by atoms with E-state index in [0.717, 1.165) is 26.3 Å². The quantitative estimate of drug-likeness (QED) is 0.709. The van der Waals surface area contributed by atoms with Gasteiger partial charge in [-0.15, -0.1) is 0 Å². The van der Waals surface area contributed by atoms with Crippen LogP contribution in [0.25, 0.3) is 0 Å². The van der Waals surface area contributed by atoms with Crippen LogP contribution >= 0.6 is 0 Å². The molecule has 0 heterocycles. The van der Waals surface area contributed by atoms with Crippen LogP contribution < -0.4 is 5.32 Å². The molecular weight excluding hydrogens is 224 g/mol. The molecule has 0 spiro atoms. The summed E-state index contributed by atoms with van der Waals surface area (Å²) in [7, 11) is 2.26. The minimum atomic E-state index is 0.668. The topological polar surface area (TPSA) is 24.5 Å². The van der Waals surface area contributed by atoms with Crippen LogP contribution in [0.1, 0.15) is 52.4 Å². The van der Waals surface area contributed by atoms with Crippen LogP contribution in [0.4, 0.5) is 0 Å². The lowest BCUT2D eigenvalue weighted by Crippen LogP contribution is -2.50. The van der Waals surface area contributed by atoms with Crippen molar-refractivity contribution in [1.82, 2.24) is 10.2 Å². The third-order valence-electron chi connectivity index (χ3n) is 4.05. The summed E-state index contributed by atoms with van der Waals surface area (Å²) in [4.78, 5) is 2.51.